The van der Waals surface area contributed by atoms with Crippen LogP contribution in [-0.4, -0.2) is 24.9 Å². The summed E-state index contributed by atoms with van der Waals surface area (Å²) in [5.74, 6) is -1.47. The maximum Gasteiger partial charge on any atom is 0.503 e. The molecule has 0 aliphatic carbocycles. The minimum atomic E-state index is -6.61. The maximum absolute atomic E-state index is 14.0. The van der Waals surface area contributed by atoms with Gasteiger partial charge in [0.05, 0.1) is 10.9 Å². The topological polar surface area (TPSA) is 34.1 Å². The van der Waals surface area contributed by atoms with Crippen LogP contribution in [0.15, 0.2) is 70.5 Å². The summed E-state index contributed by atoms with van der Waals surface area (Å²) in [4.78, 5) is 0.668. The summed E-state index contributed by atoms with van der Waals surface area (Å²) in [7, 11) is -8.14. The van der Waals surface area contributed by atoms with Crippen LogP contribution in [0.3, 0.4) is 0 Å². The van der Waals surface area contributed by atoms with Crippen molar-refractivity contribution >= 4 is 20.7 Å². The number of halogens is 5. The van der Waals surface area contributed by atoms with E-state index in [2.05, 4.69) is 0 Å². The molecule has 2 aromatic carbocycles. The molecule has 0 fully saturated rings. The SMILES string of the molecule is O=S(=O)(C(F)(F)F)C(F)(F)C[S+](c1ccccc1)c1ccccc1. The zero-order chi connectivity index (χ0) is 18.0. The molecule has 2 nitrogen and oxygen atoms in total. The van der Waals surface area contributed by atoms with E-state index < -0.39 is 37.2 Å². The van der Waals surface area contributed by atoms with Gasteiger partial charge in [-0.1, -0.05) is 36.4 Å². The number of benzene rings is 2. The van der Waals surface area contributed by atoms with E-state index in [0.717, 1.165) is 0 Å². The lowest BCUT2D eigenvalue weighted by Crippen LogP contribution is -2.44. The standard InChI is InChI=1S/C15H12F5O2S2/c16-14(17,24(21,22)15(18,19)20)11-23(12-7-3-1-4-8-12)13-9-5-2-6-10-13/h1-10H,11H2/q+1. The second kappa shape index (κ2) is 6.72. The molecule has 0 aliphatic heterocycles. The summed E-state index contributed by atoms with van der Waals surface area (Å²) >= 11 is 0. The van der Waals surface area contributed by atoms with E-state index in [9.17, 15) is 30.4 Å². The Morgan fingerprint density at radius 3 is 1.46 bits per heavy atom. The number of sulfone groups is 1. The van der Waals surface area contributed by atoms with Crippen LogP contribution < -0.4 is 0 Å². The Balaban J connectivity index is 2.47. The third kappa shape index (κ3) is 3.72. The number of hydrogen-bond donors (Lipinski definition) is 0. The van der Waals surface area contributed by atoms with Gasteiger partial charge in [-0.3, -0.25) is 0 Å². The first-order valence-corrected chi connectivity index (χ1v) is 9.44. The zero-order valence-electron chi connectivity index (χ0n) is 12.0. The van der Waals surface area contributed by atoms with Crippen LogP contribution in [0, 0.1) is 0 Å². The number of hydrogen-bond acceptors (Lipinski definition) is 2. The van der Waals surface area contributed by atoms with E-state index in [4.69, 9.17) is 0 Å². The first-order chi connectivity index (χ1) is 11.1. The van der Waals surface area contributed by atoms with Gasteiger partial charge >= 0.3 is 20.6 Å². The lowest BCUT2D eigenvalue weighted by atomic mass is 10.4. The maximum atomic E-state index is 14.0. The minimum absolute atomic E-state index is 0.334. The third-order valence-corrected chi connectivity index (χ3v) is 7.12. The van der Waals surface area contributed by atoms with Crippen LogP contribution in [0.1, 0.15) is 0 Å². The molecule has 0 N–H and O–H groups in total. The largest absolute Gasteiger partial charge is 0.503 e. The van der Waals surface area contributed by atoms with Gasteiger partial charge in [-0.05, 0) is 24.3 Å². The molecule has 0 radical (unpaired) electrons. The highest BCUT2D eigenvalue weighted by atomic mass is 32.2. The highest BCUT2D eigenvalue weighted by molar-refractivity contribution is 7.99. The van der Waals surface area contributed by atoms with Crippen molar-refractivity contribution in [3.63, 3.8) is 0 Å². The number of rotatable bonds is 5. The Labute approximate surface area is 138 Å². The van der Waals surface area contributed by atoms with Crippen molar-refractivity contribution in [2.75, 3.05) is 5.75 Å². The Morgan fingerprint density at radius 1 is 0.750 bits per heavy atom. The average Bonchev–Trinajstić information content (AvgIpc) is 2.53. The summed E-state index contributed by atoms with van der Waals surface area (Å²) in [6.45, 7) is 0. The molecule has 0 saturated carbocycles. The van der Waals surface area contributed by atoms with Gasteiger partial charge in [0.1, 0.15) is 0 Å². The van der Waals surface area contributed by atoms with Crippen LogP contribution in [0.5, 0.6) is 0 Å². The molecule has 0 atom stereocenters. The molecule has 9 heteroatoms. The van der Waals surface area contributed by atoms with Gasteiger partial charge in [-0.2, -0.15) is 22.0 Å². The van der Waals surface area contributed by atoms with Gasteiger partial charge < -0.3 is 0 Å². The molecular formula is C15H12F5O2S2+. The van der Waals surface area contributed by atoms with Gasteiger partial charge in [0.2, 0.25) is 0 Å². The molecule has 130 valence electrons. The van der Waals surface area contributed by atoms with Crippen LogP contribution >= 0.6 is 0 Å². The second-order valence-electron chi connectivity index (χ2n) is 4.75. The molecule has 0 heterocycles. The monoisotopic (exact) mass is 383 g/mol. The van der Waals surface area contributed by atoms with E-state index in [1.807, 2.05) is 0 Å². The predicted molar refractivity (Wildman–Crippen MR) is 81.6 cm³/mol. The van der Waals surface area contributed by atoms with Gasteiger partial charge in [-0.25, -0.2) is 8.42 Å². The van der Waals surface area contributed by atoms with E-state index >= 15 is 0 Å². The lowest BCUT2D eigenvalue weighted by Gasteiger charge is -2.18. The molecular weight excluding hydrogens is 371 g/mol. The highest BCUT2D eigenvalue weighted by Gasteiger charge is 2.65. The summed E-state index contributed by atoms with van der Waals surface area (Å²) in [6, 6.07) is 15.4. The van der Waals surface area contributed by atoms with Gasteiger partial charge in [0, 0.05) is 0 Å². The Hall–Kier alpha value is -1.61. The quantitative estimate of drug-likeness (QED) is 0.571. The lowest BCUT2D eigenvalue weighted by molar-refractivity contribution is -0.0543. The van der Waals surface area contributed by atoms with E-state index in [1.165, 1.54) is 24.3 Å². The molecule has 0 saturated heterocycles. The van der Waals surface area contributed by atoms with Crippen molar-refractivity contribution in [3.8, 4) is 0 Å². The third-order valence-electron chi connectivity index (χ3n) is 3.07. The smallest absolute Gasteiger partial charge is 0.213 e. The normalized spacial score (nSPS) is 13.2. The average molecular weight is 383 g/mol. The van der Waals surface area contributed by atoms with Gasteiger partial charge in [0.15, 0.2) is 15.5 Å². The Morgan fingerprint density at radius 2 is 1.12 bits per heavy atom. The van der Waals surface area contributed by atoms with E-state index in [1.54, 1.807) is 36.4 Å². The molecule has 2 rings (SSSR count). The fourth-order valence-electron chi connectivity index (χ4n) is 1.89. The van der Waals surface area contributed by atoms with Crippen molar-refractivity contribution < 1.29 is 30.4 Å². The predicted octanol–water partition coefficient (Wildman–Crippen LogP) is 4.25. The van der Waals surface area contributed by atoms with Crippen molar-refractivity contribution in [1.29, 1.82) is 0 Å². The Bertz CT molecular complexity index is 735. The molecule has 0 aromatic heterocycles. The van der Waals surface area contributed by atoms with E-state index in [0.29, 0.717) is 9.79 Å². The summed E-state index contributed by atoms with van der Waals surface area (Å²) < 4.78 is 88.0. The van der Waals surface area contributed by atoms with Crippen LogP contribution in [-0.2, 0) is 20.7 Å². The summed E-state index contributed by atoms with van der Waals surface area (Å²) in [5.41, 5.74) is -6.01. The molecule has 24 heavy (non-hydrogen) atoms. The summed E-state index contributed by atoms with van der Waals surface area (Å²) in [5, 5.41) is -4.93. The van der Waals surface area contributed by atoms with Crippen molar-refractivity contribution in [3.05, 3.63) is 60.7 Å². The fourth-order valence-corrected chi connectivity index (χ4v) is 5.11. The molecule has 0 spiro atoms. The second-order valence-corrected chi connectivity index (χ2v) is 8.83. The molecule has 0 bridgehead atoms. The molecule has 0 aliphatic rings. The molecule has 0 unspecified atom stereocenters. The molecule has 0 amide bonds. The van der Waals surface area contributed by atoms with Crippen molar-refractivity contribution in [1.82, 2.24) is 0 Å². The van der Waals surface area contributed by atoms with Crippen LogP contribution in [0.25, 0.3) is 0 Å². The summed E-state index contributed by atoms with van der Waals surface area (Å²) in [6.07, 6.45) is 0. The van der Waals surface area contributed by atoms with Gasteiger partial charge in [-0.15, -0.1) is 0 Å². The first-order valence-electron chi connectivity index (χ1n) is 6.56. The van der Waals surface area contributed by atoms with Crippen LogP contribution in [0.2, 0.25) is 0 Å². The van der Waals surface area contributed by atoms with Crippen molar-refractivity contribution in [2.24, 2.45) is 0 Å². The van der Waals surface area contributed by atoms with Crippen molar-refractivity contribution in [2.45, 2.75) is 20.6 Å². The molecule has 2 aromatic rings. The zero-order valence-corrected chi connectivity index (χ0v) is 13.6. The van der Waals surface area contributed by atoms with E-state index in [-0.39, 0.29) is 0 Å². The fraction of sp³-hybridized carbons (Fsp3) is 0.200. The Kier molecular flexibility index (Phi) is 5.24. The van der Waals surface area contributed by atoms with Gasteiger partial charge in [0.25, 0.3) is 0 Å². The minimum Gasteiger partial charge on any atom is -0.213 e. The first kappa shape index (κ1) is 18.7. The number of alkyl halides is 5. The highest BCUT2D eigenvalue weighted by Crippen LogP contribution is 2.39. The van der Waals surface area contributed by atoms with Crippen LogP contribution in [0.4, 0.5) is 22.0 Å².